The fourth-order valence-corrected chi connectivity index (χ4v) is 6.26. The normalized spacial score (nSPS) is 17.6. The van der Waals surface area contributed by atoms with Crippen molar-refractivity contribution in [3.05, 3.63) is 73.3 Å². The summed E-state index contributed by atoms with van der Waals surface area (Å²) < 4.78 is 18.5. The van der Waals surface area contributed by atoms with Crippen molar-refractivity contribution in [3.63, 3.8) is 0 Å². The van der Waals surface area contributed by atoms with E-state index in [4.69, 9.17) is 14.2 Å². The van der Waals surface area contributed by atoms with E-state index in [0.717, 1.165) is 38.8 Å². The van der Waals surface area contributed by atoms with Gasteiger partial charge in [0.05, 0.1) is 10.7 Å². The minimum absolute atomic E-state index is 0.0264. The van der Waals surface area contributed by atoms with Crippen LogP contribution in [0.2, 0.25) is 0 Å². The van der Waals surface area contributed by atoms with Crippen LogP contribution in [-0.2, 0) is 19.1 Å². The van der Waals surface area contributed by atoms with E-state index in [-0.39, 0.29) is 24.1 Å². The smallest absolute Gasteiger partial charge is 0.262 e. The SMILES string of the molecule is COc1cc(C2C3=C(CCCC3=O)OC3=C2C(=O)CCC3)cc(I)c1OCC(=O)Nc1ccc(C)cc1C. The minimum atomic E-state index is -0.487. The predicted molar refractivity (Wildman–Crippen MR) is 151 cm³/mol. The summed E-state index contributed by atoms with van der Waals surface area (Å²) in [6.07, 6.45) is 3.76. The van der Waals surface area contributed by atoms with Crippen LogP contribution in [-0.4, -0.2) is 31.2 Å². The summed E-state index contributed by atoms with van der Waals surface area (Å²) in [5.74, 6) is 1.54. The zero-order valence-electron chi connectivity index (χ0n) is 21.7. The second-order valence-electron chi connectivity index (χ2n) is 9.95. The molecule has 1 amide bonds. The van der Waals surface area contributed by atoms with Gasteiger partial charge in [0.25, 0.3) is 5.91 Å². The largest absolute Gasteiger partial charge is 0.493 e. The molecular formula is C30H30INO6. The average Bonchev–Trinajstić information content (AvgIpc) is 2.88. The number of Topliss-reactive ketones (excluding diaryl/α,β-unsaturated/α-hetero) is 2. The molecule has 5 rings (SSSR count). The van der Waals surface area contributed by atoms with E-state index in [0.29, 0.717) is 59.8 Å². The van der Waals surface area contributed by atoms with Crippen LogP contribution >= 0.6 is 22.6 Å². The number of aryl methyl sites for hydroxylation is 2. The molecule has 0 atom stereocenters. The molecule has 0 saturated heterocycles. The highest BCUT2D eigenvalue weighted by Crippen LogP contribution is 2.49. The van der Waals surface area contributed by atoms with E-state index in [1.54, 1.807) is 0 Å². The third-order valence-electron chi connectivity index (χ3n) is 7.23. The summed E-state index contributed by atoms with van der Waals surface area (Å²) >= 11 is 2.15. The van der Waals surface area contributed by atoms with Gasteiger partial charge in [-0.05, 0) is 78.6 Å². The summed E-state index contributed by atoms with van der Waals surface area (Å²) in [6.45, 7) is 3.75. The first-order chi connectivity index (χ1) is 18.3. The highest BCUT2D eigenvalue weighted by molar-refractivity contribution is 14.1. The van der Waals surface area contributed by atoms with Gasteiger partial charge in [-0.25, -0.2) is 0 Å². The van der Waals surface area contributed by atoms with Crippen molar-refractivity contribution in [3.8, 4) is 11.5 Å². The molecular weight excluding hydrogens is 597 g/mol. The Kier molecular flexibility index (Phi) is 7.61. The van der Waals surface area contributed by atoms with Gasteiger partial charge in [0, 0.05) is 48.4 Å². The van der Waals surface area contributed by atoms with E-state index in [1.807, 2.05) is 44.2 Å². The molecule has 1 N–H and O–H groups in total. The molecule has 1 heterocycles. The zero-order chi connectivity index (χ0) is 27.0. The lowest BCUT2D eigenvalue weighted by atomic mass is 9.73. The highest BCUT2D eigenvalue weighted by Gasteiger charge is 2.42. The van der Waals surface area contributed by atoms with Crippen molar-refractivity contribution in [2.45, 2.75) is 58.3 Å². The minimum Gasteiger partial charge on any atom is -0.493 e. The van der Waals surface area contributed by atoms with E-state index in [1.165, 1.54) is 7.11 Å². The number of ketones is 2. The van der Waals surface area contributed by atoms with Gasteiger partial charge in [0.1, 0.15) is 11.5 Å². The molecule has 0 radical (unpaired) electrons. The summed E-state index contributed by atoms with van der Waals surface area (Å²) in [5.41, 5.74) is 4.80. The van der Waals surface area contributed by atoms with Gasteiger partial charge in [-0.15, -0.1) is 0 Å². The number of rotatable bonds is 6. The van der Waals surface area contributed by atoms with Gasteiger partial charge < -0.3 is 19.5 Å². The monoisotopic (exact) mass is 627 g/mol. The molecule has 2 aromatic rings. The number of hydrogen-bond acceptors (Lipinski definition) is 6. The van der Waals surface area contributed by atoms with Crippen LogP contribution in [0.15, 0.2) is 53.0 Å². The van der Waals surface area contributed by atoms with E-state index in [9.17, 15) is 14.4 Å². The van der Waals surface area contributed by atoms with Crippen molar-refractivity contribution in [1.82, 2.24) is 0 Å². The molecule has 7 nitrogen and oxygen atoms in total. The predicted octanol–water partition coefficient (Wildman–Crippen LogP) is 6.06. The standard InChI is InChI=1S/C30H30INO6/c1-16-10-11-20(17(2)12-16)32-26(35)15-37-30-19(31)13-18(14-25(30)36-3)27-28-21(33)6-4-8-23(28)38-24-9-5-7-22(34)29(24)27/h10-14,27H,4-9,15H2,1-3H3,(H,32,35). The number of allylic oxidation sites excluding steroid dienone is 4. The summed E-state index contributed by atoms with van der Waals surface area (Å²) in [7, 11) is 1.54. The molecule has 0 saturated carbocycles. The Labute approximate surface area is 235 Å². The number of hydrogen-bond donors (Lipinski definition) is 1. The van der Waals surface area contributed by atoms with Crippen molar-refractivity contribution in [2.24, 2.45) is 0 Å². The van der Waals surface area contributed by atoms with Gasteiger partial charge in [-0.3, -0.25) is 14.4 Å². The molecule has 198 valence electrons. The molecule has 1 aliphatic heterocycles. The lowest BCUT2D eigenvalue weighted by molar-refractivity contribution is -0.119. The molecule has 0 fully saturated rings. The van der Waals surface area contributed by atoms with Crippen molar-refractivity contribution >= 4 is 45.8 Å². The molecule has 0 spiro atoms. The van der Waals surface area contributed by atoms with E-state index >= 15 is 0 Å². The van der Waals surface area contributed by atoms with E-state index in [2.05, 4.69) is 27.9 Å². The highest BCUT2D eigenvalue weighted by atomic mass is 127. The zero-order valence-corrected chi connectivity index (χ0v) is 23.9. The maximum Gasteiger partial charge on any atom is 0.262 e. The van der Waals surface area contributed by atoms with Crippen molar-refractivity contribution in [1.29, 1.82) is 0 Å². The third-order valence-corrected chi connectivity index (χ3v) is 8.03. The first-order valence-electron chi connectivity index (χ1n) is 12.8. The third kappa shape index (κ3) is 5.10. The Morgan fingerprint density at radius 3 is 2.26 bits per heavy atom. The maximum absolute atomic E-state index is 13.1. The molecule has 3 aliphatic rings. The number of methoxy groups -OCH3 is 1. The number of carbonyl (C=O) groups excluding carboxylic acids is 3. The number of benzene rings is 2. The summed E-state index contributed by atoms with van der Waals surface area (Å²) in [6, 6.07) is 9.55. The Bertz CT molecular complexity index is 1360. The molecule has 8 heteroatoms. The van der Waals surface area contributed by atoms with Gasteiger partial charge in [0.2, 0.25) is 0 Å². The molecule has 0 unspecified atom stereocenters. The first-order valence-corrected chi connectivity index (χ1v) is 13.9. The Morgan fingerprint density at radius 2 is 1.66 bits per heavy atom. The number of ether oxygens (including phenoxy) is 3. The van der Waals surface area contributed by atoms with Crippen LogP contribution in [0.5, 0.6) is 11.5 Å². The molecule has 0 aromatic heterocycles. The van der Waals surface area contributed by atoms with Gasteiger partial charge in [-0.1, -0.05) is 17.7 Å². The lowest BCUT2D eigenvalue weighted by Gasteiger charge is -2.36. The van der Waals surface area contributed by atoms with Crippen LogP contribution < -0.4 is 14.8 Å². The Balaban J connectivity index is 1.44. The molecule has 38 heavy (non-hydrogen) atoms. The van der Waals surface area contributed by atoms with Crippen molar-refractivity contribution < 1.29 is 28.6 Å². The maximum atomic E-state index is 13.1. The van der Waals surface area contributed by atoms with Crippen molar-refractivity contribution in [2.75, 3.05) is 19.0 Å². The Morgan fingerprint density at radius 1 is 1.00 bits per heavy atom. The molecule has 0 bridgehead atoms. The second-order valence-corrected chi connectivity index (χ2v) is 11.1. The van der Waals surface area contributed by atoms with Crippen LogP contribution in [0.4, 0.5) is 5.69 Å². The fraction of sp³-hybridized carbons (Fsp3) is 0.367. The number of halogens is 1. The van der Waals surface area contributed by atoms with Crippen LogP contribution in [0.25, 0.3) is 0 Å². The number of anilines is 1. The van der Waals surface area contributed by atoms with Crippen LogP contribution in [0.1, 0.15) is 61.1 Å². The topological polar surface area (TPSA) is 90.9 Å². The molecule has 2 aromatic carbocycles. The number of amides is 1. The van der Waals surface area contributed by atoms with Gasteiger partial charge in [0.15, 0.2) is 29.7 Å². The number of nitrogens with one attached hydrogen (secondary N) is 1. The first kappa shape index (κ1) is 26.5. The molecule has 2 aliphatic carbocycles. The summed E-state index contributed by atoms with van der Waals surface area (Å²) in [4.78, 5) is 38.8. The number of carbonyl (C=O) groups is 3. The quantitative estimate of drug-likeness (QED) is 0.392. The van der Waals surface area contributed by atoms with Crippen LogP contribution in [0.3, 0.4) is 0 Å². The second kappa shape index (κ2) is 10.9. The van der Waals surface area contributed by atoms with Gasteiger partial charge in [-0.2, -0.15) is 0 Å². The van der Waals surface area contributed by atoms with Crippen LogP contribution in [0, 0.1) is 17.4 Å². The average molecular weight is 627 g/mol. The van der Waals surface area contributed by atoms with E-state index < -0.39 is 5.92 Å². The van der Waals surface area contributed by atoms with Gasteiger partial charge >= 0.3 is 0 Å². The lowest BCUT2D eigenvalue weighted by Crippen LogP contribution is -2.30. The summed E-state index contributed by atoms with van der Waals surface area (Å²) in [5, 5.41) is 2.89. The fourth-order valence-electron chi connectivity index (χ4n) is 5.48. The Hall–Kier alpha value is -3.14.